The van der Waals surface area contributed by atoms with Gasteiger partial charge < -0.3 is 4.74 Å². The third-order valence-corrected chi connectivity index (χ3v) is 7.76. The van der Waals surface area contributed by atoms with Crippen LogP contribution in [0.2, 0.25) is 0 Å². The van der Waals surface area contributed by atoms with Gasteiger partial charge in [-0.1, -0.05) is 81.0 Å². The molecule has 30 heavy (non-hydrogen) atoms. The Hall–Kier alpha value is -1.34. The lowest BCUT2D eigenvalue weighted by Gasteiger charge is -2.31. The quantitative estimate of drug-likeness (QED) is 0.264. The van der Waals surface area contributed by atoms with E-state index in [1.54, 1.807) is 0 Å². The van der Waals surface area contributed by atoms with Crippen molar-refractivity contribution in [2.75, 3.05) is 6.61 Å². The van der Waals surface area contributed by atoms with Crippen molar-refractivity contribution in [1.29, 1.82) is 0 Å². The molecule has 0 N–H and O–H groups in total. The smallest absolute Gasteiger partial charge is 0.0721 e. The lowest BCUT2D eigenvalue weighted by atomic mass is 9.75. The number of ether oxygens (including phenoxy) is 1. The van der Waals surface area contributed by atoms with Crippen molar-refractivity contribution < 1.29 is 4.74 Å². The first-order valence-electron chi connectivity index (χ1n) is 12.7. The molecule has 3 rings (SSSR count). The van der Waals surface area contributed by atoms with E-state index in [0.717, 1.165) is 23.7 Å². The highest BCUT2D eigenvalue weighted by Crippen LogP contribution is 2.37. The molecule has 0 radical (unpaired) electrons. The van der Waals surface area contributed by atoms with Crippen LogP contribution in [-0.4, -0.2) is 6.61 Å². The van der Waals surface area contributed by atoms with Crippen LogP contribution in [0, 0.1) is 23.7 Å². The number of aryl methyl sites for hydroxylation is 1. The molecule has 1 nitrogen and oxygen atoms in total. The molecular weight excluding hydrogens is 364 g/mol. The first-order chi connectivity index (χ1) is 14.8. The highest BCUT2D eigenvalue weighted by atomic mass is 16.5. The predicted molar refractivity (Wildman–Crippen MR) is 130 cm³/mol. The maximum Gasteiger partial charge on any atom is 0.0721 e. The molecule has 2 fully saturated rings. The van der Waals surface area contributed by atoms with Crippen molar-refractivity contribution >= 4 is 0 Å². The molecule has 0 heterocycles. The van der Waals surface area contributed by atoms with E-state index in [9.17, 15) is 0 Å². The topological polar surface area (TPSA) is 9.23 Å². The van der Waals surface area contributed by atoms with E-state index < -0.39 is 0 Å². The molecule has 0 bridgehead atoms. The van der Waals surface area contributed by atoms with Gasteiger partial charge in [0.25, 0.3) is 0 Å². The van der Waals surface area contributed by atoms with Crippen molar-refractivity contribution in [2.24, 2.45) is 23.7 Å². The Morgan fingerprint density at radius 3 is 1.90 bits per heavy atom. The molecule has 0 aromatic heterocycles. The summed E-state index contributed by atoms with van der Waals surface area (Å²) in [6, 6.07) is 9.09. The van der Waals surface area contributed by atoms with Crippen LogP contribution >= 0.6 is 0 Å². The number of hydrogen-bond donors (Lipinski definition) is 0. The van der Waals surface area contributed by atoms with Crippen LogP contribution in [-0.2, 0) is 17.8 Å². The summed E-state index contributed by atoms with van der Waals surface area (Å²) in [5, 5.41) is 0. The number of allylic oxidation sites excluding steroid dienone is 2. The standard InChI is InChI=1S/C29H44O/c1-3-5-22-30-23-29-20-18-28(19-21-29)17-16-27-14-12-26(13-15-27)11-10-25-8-6-24(4-2)7-9-25/h3-5,18-21,24-27H,2,6-17,22-23H2,1H3/t24-,25-,26?,27?. The SMILES string of the molecule is C=C[C@H]1CC[C@H](CCC2CCC(CCc3ccc(COCC=CC)cc3)CC2)CC1. The van der Waals surface area contributed by atoms with Gasteiger partial charge in [-0.2, -0.15) is 0 Å². The second-order valence-electron chi connectivity index (χ2n) is 9.92. The van der Waals surface area contributed by atoms with Gasteiger partial charge in [0.1, 0.15) is 0 Å². The van der Waals surface area contributed by atoms with Gasteiger partial charge >= 0.3 is 0 Å². The van der Waals surface area contributed by atoms with Gasteiger partial charge in [-0.25, -0.2) is 0 Å². The molecular formula is C29H44O. The molecule has 0 spiro atoms. The van der Waals surface area contributed by atoms with Gasteiger partial charge in [0.15, 0.2) is 0 Å². The minimum Gasteiger partial charge on any atom is -0.373 e. The van der Waals surface area contributed by atoms with Crippen molar-refractivity contribution in [3.8, 4) is 0 Å². The molecule has 2 saturated carbocycles. The van der Waals surface area contributed by atoms with Crippen LogP contribution in [0.25, 0.3) is 0 Å². The molecule has 1 aromatic carbocycles. The zero-order valence-electron chi connectivity index (χ0n) is 19.4. The molecule has 0 aliphatic heterocycles. The van der Waals surface area contributed by atoms with Crippen molar-refractivity contribution in [1.82, 2.24) is 0 Å². The van der Waals surface area contributed by atoms with E-state index in [1.165, 1.54) is 88.2 Å². The highest BCUT2D eigenvalue weighted by Gasteiger charge is 2.24. The van der Waals surface area contributed by atoms with Crippen LogP contribution in [0.15, 0.2) is 49.1 Å². The number of hydrogen-bond acceptors (Lipinski definition) is 1. The van der Waals surface area contributed by atoms with Crippen LogP contribution in [0.5, 0.6) is 0 Å². The van der Waals surface area contributed by atoms with E-state index >= 15 is 0 Å². The van der Waals surface area contributed by atoms with Gasteiger partial charge in [-0.05, 0) is 80.2 Å². The molecule has 0 amide bonds. The van der Waals surface area contributed by atoms with E-state index in [4.69, 9.17) is 4.74 Å². The zero-order valence-corrected chi connectivity index (χ0v) is 19.4. The van der Waals surface area contributed by atoms with Gasteiger partial charge in [0.05, 0.1) is 13.2 Å². The molecule has 1 aromatic rings. The number of benzene rings is 1. The zero-order chi connectivity index (χ0) is 21.0. The van der Waals surface area contributed by atoms with E-state index in [0.29, 0.717) is 13.2 Å². The Morgan fingerprint density at radius 2 is 1.33 bits per heavy atom. The summed E-state index contributed by atoms with van der Waals surface area (Å²) in [4.78, 5) is 0. The Balaban J connectivity index is 1.27. The molecule has 0 unspecified atom stereocenters. The third-order valence-electron chi connectivity index (χ3n) is 7.76. The van der Waals surface area contributed by atoms with Crippen LogP contribution in [0.1, 0.15) is 88.7 Å². The summed E-state index contributed by atoms with van der Waals surface area (Å²) in [5.74, 6) is 3.79. The van der Waals surface area contributed by atoms with Gasteiger partial charge in [0.2, 0.25) is 0 Å². The first kappa shape index (κ1) is 23.3. The summed E-state index contributed by atoms with van der Waals surface area (Å²) in [6.07, 6.45) is 23.4. The Kier molecular flexibility index (Phi) is 10.2. The van der Waals surface area contributed by atoms with E-state index in [2.05, 4.69) is 43.0 Å². The van der Waals surface area contributed by atoms with Crippen molar-refractivity contribution in [3.05, 3.63) is 60.2 Å². The highest BCUT2D eigenvalue weighted by molar-refractivity contribution is 5.22. The minimum absolute atomic E-state index is 0.706. The summed E-state index contributed by atoms with van der Waals surface area (Å²) >= 11 is 0. The maximum atomic E-state index is 5.64. The second-order valence-corrected chi connectivity index (χ2v) is 9.92. The lowest BCUT2D eigenvalue weighted by Crippen LogP contribution is -2.18. The summed E-state index contributed by atoms with van der Waals surface area (Å²) in [5.41, 5.74) is 2.77. The van der Waals surface area contributed by atoms with Crippen molar-refractivity contribution in [2.45, 2.75) is 90.6 Å². The molecule has 166 valence electrons. The monoisotopic (exact) mass is 408 g/mol. The normalized spacial score (nSPS) is 27.4. The molecule has 2 aliphatic rings. The van der Waals surface area contributed by atoms with Gasteiger partial charge in [-0.15, -0.1) is 6.58 Å². The molecule has 0 saturated heterocycles. The summed E-state index contributed by atoms with van der Waals surface area (Å²) in [6.45, 7) is 7.43. The maximum absolute atomic E-state index is 5.64. The Morgan fingerprint density at radius 1 is 0.800 bits per heavy atom. The molecule has 2 aliphatic carbocycles. The fraction of sp³-hybridized carbons (Fsp3) is 0.655. The fourth-order valence-corrected chi connectivity index (χ4v) is 5.51. The van der Waals surface area contributed by atoms with Gasteiger partial charge in [-0.3, -0.25) is 0 Å². The minimum atomic E-state index is 0.706. The average molecular weight is 409 g/mol. The van der Waals surface area contributed by atoms with Crippen LogP contribution in [0.4, 0.5) is 0 Å². The Labute approximate surface area is 186 Å². The summed E-state index contributed by atoms with van der Waals surface area (Å²) < 4.78 is 5.64. The van der Waals surface area contributed by atoms with Crippen LogP contribution < -0.4 is 0 Å². The average Bonchev–Trinajstić information content (AvgIpc) is 2.81. The molecule has 0 atom stereocenters. The lowest BCUT2D eigenvalue weighted by molar-refractivity contribution is 0.148. The molecule has 1 heteroatoms. The fourth-order valence-electron chi connectivity index (χ4n) is 5.51. The van der Waals surface area contributed by atoms with E-state index in [-0.39, 0.29) is 0 Å². The second kappa shape index (κ2) is 13.2. The van der Waals surface area contributed by atoms with Gasteiger partial charge in [0, 0.05) is 0 Å². The Bertz CT molecular complexity index is 612. The van der Waals surface area contributed by atoms with E-state index in [1.807, 2.05) is 13.0 Å². The summed E-state index contributed by atoms with van der Waals surface area (Å²) in [7, 11) is 0. The third kappa shape index (κ3) is 8.06. The largest absolute Gasteiger partial charge is 0.373 e. The number of rotatable bonds is 11. The predicted octanol–water partition coefficient (Wildman–Crippen LogP) is 8.29. The van der Waals surface area contributed by atoms with Crippen LogP contribution in [0.3, 0.4) is 0 Å². The van der Waals surface area contributed by atoms with Crippen molar-refractivity contribution in [3.63, 3.8) is 0 Å². The first-order valence-corrected chi connectivity index (χ1v) is 12.7.